The van der Waals surface area contributed by atoms with Crippen LogP contribution in [0.2, 0.25) is 0 Å². The van der Waals surface area contributed by atoms with Gasteiger partial charge in [0.05, 0.1) is 11.3 Å². The summed E-state index contributed by atoms with van der Waals surface area (Å²) in [4.78, 5) is 0. The molecule has 110 valence electrons. The molecular weight excluding hydrogens is 265 g/mol. The molecule has 0 aliphatic heterocycles. The zero-order valence-electron chi connectivity index (χ0n) is 11.3. The predicted octanol–water partition coefficient (Wildman–Crippen LogP) is 5.44. The summed E-state index contributed by atoms with van der Waals surface area (Å²) in [5, 5.41) is 9.27. The number of hydrogen-bond acceptors (Lipinski definition) is 1. The average Bonchev–Trinajstić information content (AvgIpc) is 2.37. The quantitative estimate of drug-likeness (QED) is 0.733. The molecule has 1 aliphatic rings. The maximum Gasteiger partial charge on any atom is 0.416 e. The van der Waals surface area contributed by atoms with Crippen molar-refractivity contribution in [2.75, 3.05) is 0 Å². The van der Waals surface area contributed by atoms with Gasteiger partial charge in [-0.2, -0.15) is 13.2 Å². The lowest BCUT2D eigenvalue weighted by Crippen LogP contribution is -2.15. The second kappa shape index (κ2) is 5.90. The second-order valence-electron chi connectivity index (χ2n) is 5.62. The third kappa shape index (κ3) is 3.78. The van der Waals surface area contributed by atoms with Crippen molar-refractivity contribution in [1.29, 1.82) is 0 Å². The lowest BCUT2D eigenvalue weighted by Gasteiger charge is -2.29. The van der Waals surface area contributed by atoms with Crippen LogP contribution in [0.3, 0.4) is 0 Å². The van der Waals surface area contributed by atoms with Gasteiger partial charge in [-0.1, -0.05) is 25.1 Å². The molecule has 1 N–H and O–H groups in total. The largest absolute Gasteiger partial charge is 0.513 e. The Bertz CT molecular complexity index is 462. The minimum Gasteiger partial charge on any atom is -0.513 e. The van der Waals surface area contributed by atoms with Gasteiger partial charge in [-0.25, -0.2) is 0 Å². The first-order valence-corrected chi connectivity index (χ1v) is 6.90. The minimum absolute atomic E-state index is 0.197. The third-order valence-electron chi connectivity index (χ3n) is 4.02. The molecular formula is C16H19F3O. The molecule has 0 heterocycles. The first-order chi connectivity index (χ1) is 9.36. The maximum absolute atomic E-state index is 12.5. The van der Waals surface area contributed by atoms with E-state index in [4.69, 9.17) is 0 Å². The van der Waals surface area contributed by atoms with Crippen LogP contribution in [0.1, 0.15) is 49.1 Å². The Kier molecular flexibility index (Phi) is 4.41. The molecule has 1 nitrogen and oxygen atoms in total. The monoisotopic (exact) mass is 284 g/mol. The van der Waals surface area contributed by atoms with Crippen LogP contribution >= 0.6 is 0 Å². The molecule has 0 radical (unpaired) electrons. The Morgan fingerprint density at radius 2 is 1.85 bits per heavy atom. The van der Waals surface area contributed by atoms with Crippen LogP contribution in [-0.4, -0.2) is 5.11 Å². The summed E-state index contributed by atoms with van der Waals surface area (Å²) in [6.45, 7) is 3.52. The number of halogens is 3. The summed E-state index contributed by atoms with van der Waals surface area (Å²) in [5.74, 6) is 0.868. The van der Waals surface area contributed by atoms with Crippen molar-refractivity contribution >= 4 is 0 Å². The molecule has 2 rings (SSSR count). The Morgan fingerprint density at radius 3 is 2.40 bits per heavy atom. The zero-order chi connectivity index (χ0) is 14.8. The lowest BCUT2D eigenvalue weighted by molar-refractivity contribution is -0.137. The van der Waals surface area contributed by atoms with Crippen molar-refractivity contribution in [3.63, 3.8) is 0 Å². The van der Waals surface area contributed by atoms with Crippen molar-refractivity contribution in [3.8, 4) is 0 Å². The normalized spacial score (nSPS) is 23.6. The molecule has 1 aromatic rings. The summed E-state index contributed by atoms with van der Waals surface area (Å²) in [7, 11) is 0. The Morgan fingerprint density at radius 1 is 1.20 bits per heavy atom. The average molecular weight is 284 g/mol. The SMILES string of the molecule is C=C(O)CC1CCCC(c2ccc(C(F)(F)F)cc2)C1. The van der Waals surface area contributed by atoms with E-state index in [0.717, 1.165) is 43.4 Å². The van der Waals surface area contributed by atoms with E-state index in [1.165, 1.54) is 0 Å². The predicted molar refractivity (Wildman–Crippen MR) is 72.5 cm³/mol. The third-order valence-corrected chi connectivity index (χ3v) is 4.02. The van der Waals surface area contributed by atoms with Crippen LogP contribution < -0.4 is 0 Å². The molecule has 20 heavy (non-hydrogen) atoms. The number of hydrogen-bond donors (Lipinski definition) is 1. The number of allylic oxidation sites excluding steroid dienone is 1. The smallest absolute Gasteiger partial charge is 0.416 e. The molecule has 1 fully saturated rings. The van der Waals surface area contributed by atoms with Crippen molar-refractivity contribution < 1.29 is 18.3 Å². The van der Waals surface area contributed by atoms with Gasteiger partial charge in [-0.15, -0.1) is 0 Å². The molecule has 4 heteroatoms. The first kappa shape index (κ1) is 14.9. The van der Waals surface area contributed by atoms with Crippen molar-refractivity contribution in [3.05, 3.63) is 47.7 Å². The van der Waals surface area contributed by atoms with E-state index in [9.17, 15) is 18.3 Å². The highest BCUT2D eigenvalue weighted by Gasteiger charge is 2.30. The number of rotatable bonds is 3. The van der Waals surface area contributed by atoms with Crippen LogP contribution in [-0.2, 0) is 6.18 Å². The van der Waals surface area contributed by atoms with Gasteiger partial charge in [-0.3, -0.25) is 0 Å². The Hall–Kier alpha value is -1.45. The van der Waals surface area contributed by atoms with Crippen LogP contribution in [0.5, 0.6) is 0 Å². The van der Waals surface area contributed by atoms with Gasteiger partial charge >= 0.3 is 6.18 Å². The van der Waals surface area contributed by atoms with Crippen LogP contribution in [0.25, 0.3) is 0 Å². The van der Waals surface area contributed by atoms with Gasteiger partial charge in [0, 0.05) is 6.42 Å². The highest BCUT2D eigenvalue weighted by atomic mass is 19.4. The molecule has 0 amide bonds. The summed E-state index contributed by atoms with van der Waals surface area (Å²) in [5.41, 5.74) is 0.364. The van der Waals surface area contributed by atoms with Crippen LogP contribution in [0, 0.1) is 5.92 Å². The minimum atomic E-state index is -4.28. The van der Waals surface area contributed by atoms with Crippen LogP contribution in [0.15, 0.2) is 36.6 Å². The topological polar surface area (TPSA) is 20.2 Å². The molecule has 1 saturated carbocycles. The van der Waals surface area contributed by atoms with E-state index in [0.29, 0.717) is 12.3 Å². The van der Waals surface area contributed by atoms with E-state index in [-0.39, 0.29) is 11.7 Å². The fourth-order valence-electron chi connectivity index (χ4n) is 3.06. The number of alkyl halides is 3. The molecule has 1 aliphatic carbocycles. The number of aliphatic hydroxyl groups is 1. The van der Waals surface area contributed by atoms with Gasteiger partial charge in [0.2, 0.25) is 0 Å². The molecule has 2 atom stereocenters. The van der Waals surface area contributed by atoms with E-state index < -0.39 is 11.7 Å². The Labute approximate surface area is 117 Å². The molecule has 0 aromatic heterocycles. The molecule has 1 aromatic carbocycles. The maximum atomic E-state index is 12.5. The summed E-state index contributed by atoms with van der Waals surface area (Å²) < 4.78 is 37.6. The van der Waals surface area contributed by atoms with E-state index in [2.05, 4.69) is 6.58 Å². The Balaban J connectivity index is 2.05. The summed E-state index contributed by atoms with van der Waals surface area (Å²) in [6.07, 6.45) is 0.324. The number of aliphatic hydroxyl groups excluding tert-OH is 1. The first-order valence-electron chi connectivity index (χ1n) is 6.90. The van der Waals surface area contributed by atoms with E-state index >= 15 is 0 Å². The summed E-state index contributed by atoms with van der Waals surface area (Å²) >= 11 is 0. The molecule has 0 spiro atoms. The highest BCUT2D eigenvalue weighted by Crippen LogP contribution is 2.39. The van der Waals surface area contributed by atoms with Crippen molar-refractivity contribution in [2.45, 2.75) is 44.2 Å². The van der Waals surface area contributed by atoms with E-state index in [1.807, 2.05) is 0 Å². The van der Waals surface area contributed by atoms with Crippen molar-refractivity contribution in [2.24, 2.45) is 5.92 Å². The van der Waals surface area contributed by atoms with Gasteiger partial charge in [-0.05, 0) is 48.8 Å². The van der Waals surface area contributed by atoms with Crippen molar-refractivity contribution in [1.82, 2.24) is 0 Å². The fraction of sp³-hybridized carbons (Fsp3) is 0.500. The van der Waals surface area contributed by atoms with Gasteiger partial charge < -0.3 is 5.11 Å². The van der Waals surface area contributed by atoms with Gasteiger partial charge in [0.25, 0.3) is 0 Å². The van der Waals surface area contributed by atoms with E-state index in [1.54, 1.807) is 12.1 Å². The number of benzene rings is 1. The molecule has 0 bridgehead atoms. The highest BCUT2D eigenvalue weighted by molar-refractivity contribution is 5.27. The molecule has 0 saturated heterocycles. The zero-order valence-corrected chi connectivity index (χ0v) is 11.3. The summed E-state index contributed by atoms with van der Waals surface area (Å²) in [6, 6.07) is 5.49. The molecule has 2 unspecified atom stereocenters. The van der Waals surface area contributed by atoms with Gasteiger partial charge in [0.15, 0.2) is 0 Å². The lowest BCUT2D eigenvalue weighted by atomic mass is 9.76. The fourth-order valence-corrected chi connectivity index (χ4v) is 3.06. The second-order valence-corrected chi connectivity index (χ2v) is 5.62. The standard InChI is InChI=1S/C16H19F3O/c1-11(20)9-12-3-2-4-14(10-12)13-5-7-15(8-6-13)16(17,18)19/h5-8,12,14,20H,1-4,9-10H2. The van der Waals surface area contributed by atoms with Gasteiger partial charge in [0.1, 0.15) is 0 Å². The van der Waals surface area contributed by atoms with Crippen LogP contribution in [0.4, 0.5) is 13.2 Å².